The van der Waals surface area contributed by atoms with E-state index < -0.39 is 0 Å². The van der Waals surface area contributed by atoms with Crippen molar-refractivity contribution in [3.05, 3.63) is 23.3 Å². The van der Waals surface area contributed by atoms with Crippen LogP contribution >= 0.6 is 0 Å². The third-order valence-corrected chi connectivity index (χ3v) is 4.87. The van der Waals surface area contributed by atoms with Crippen molar-refractivity contribution in [1.29, 1.82) is 0 Å². The van der Waals surface area contributed by atoms with E-state index in [0.29, 0.717) is 5.75 Å². The molecule has 1 aromatic rings. The van der Waals surface area contributed by atoms with E-state index in [1.165, 1.54) is 64.2 Å². The SMILES string of the molecule is COc1cc2c(O)cc1CCCCCCCCCCCCC2. The Kier molecular flexibility index (Phi) is 7.62. The largest absolute Gasteiger partial charge is 0.508 e. The highest BCUT2D eigenvalue weighted by atomic mass is 16.5. The van der Waals surface area contributed by atoms with Gasteiger partial charge in [-0.15, -0.1) is 0 Å². The van der Waals surface area contributed by atoms with Crippen LogP contribution in [0.3, 0.4) is 0 Å². The van der Waals surface area contributed by atoms with Gasteiger partial charge in [0.25, 0.3) is 0 Å². The maximum Gasteiger partial charge on any atom is 0.122 e. The molecule has 2 aliphatic carbocycles. The van der Waals surface area contributed by atoms with Crippen molar-refractivity contribution in [2.75, 3.05) is 7.11 Å². The molecule has 0 fully saturated rings. The van der Waals surface area contributed by atoms with E-state index in [1.807, 2.05) is 6.07 Å². The molecule has 0 unspecified atom stereocenters. The van der Waals surface area contributed by atoms with Gasteiger partial charge in [-0.25, -0.2) is 0 Å². The Balaban J connectivity index is 2.03. The van der Waals surface area contributed by atoms with Crippen LogP contribution in [0.5, 0.6) is 11.5 Å². The van der Waals surface area contributed by atoms with E-state index >= 15 is 0 Å². The zero-order valence-electron chi connectivity index (χ0n) is 14.2. The third-order valence-electron chi connectivity index (χ3n) is 4.87. The van der Waals surface area contributed by atoms with Gasteiger partial charge in [0, 0.05) is 0 Å². The average Bonchev–Trinajstić information content (AvgIpc) is 2.53. The first-order chi connectivity index (χ1) is 10.8. The Hall–Kier alpha value is -1.18. The van der Waals surface area contributed by atoms with Crippen LogP contribution in [0, 0.1) is 0 Å². The molecular formula is C20H32O2. The molecule has 0 atom stereocenters. The zero-order chi connectivity index (χ0) is 15.6. The first kappa shape index (κ1) is 17.2. The number of hydrogen-bond donors (Lipinski definition) is 1. The summed E-state index contributed by atoms with van der Waals surface area (Å²) in [6.45, 7) is 0. The molecule has 0 heterocycles. The van der Waals surface area contributed by atoms with Gasteiger partial charge >= 0.3 is 0 Å². The van der Waals surface area contributed by atoms with Crippen molar-refractivity contribution in [3.8, 4) is 11.5 Å². The van der Waals surface area contributed by atoms with E-state index in [2.05, 4.69) is 6.07 Å². The lowest BCUT2D eigenvalue weighted by Crippen LogP contribution is -1.96. The summed E-state index contributed by atoms with van der Waals surface area (Å²) in [5.74, 6) is 1.41. The number of aromatic hydroxyl groups is 1. The number of fused-ring (bicyclic) bond motifs is 14. The number of ether oxygens (including phenoxy) is 1. The van der Waals surface area contributed by atoms with Gasteiger partial charge in [0.15, 0.2) is 0 Å². The number of phenols is 1. The Morgan fingerprint density at radius 2 is 1.14 bits per heavy atom. The number of benzene rings is 1. The number of methoxy groups -OCH3 is 1. The summed E-state index contributed by atoms with van der Waals surface area (Å²) >= 11 is 0. The zero-order valence-corrected chi connectivity index (χ0v) is 14.2. The fourth-order valence-electron chi connectivity index (χ4n) is 3.46. The lowest BCUT2D eigenvalue weighted by molar-refractivity contribution is 0.404. The lowest BCUT2D eigenvalue weighted by Gasteiger charge is -2.13. The third kappa shape index (κ3) is 5.55. The Morgan fingerprint density at radius 1 is 0.682 bits per heavy atom. The first-order valence-electron chi connectivity index (χ1n) is 9.20. The van der Waals surface area contributed by atoms with Crippen LogP contribution < -0.4 is 4.74 Å². The Morgan fingerprint density at radius 3 is 1.64 bits per heavy atom. The molecule has 1 aromatic carbocycles. The molecule has 0 spiro atoms. The monoisotopic (exact) mass is 304 g/mol. The van der Waals surface area contributed by atoms with Crippen LogP contribution in [-0.4, -0.2) is 12.2 Å². The molecule has 1 N–H and O–H groups in total. The molecule has 0 saturated heterocycles. The molecular weight excluding hydrogens is 272 g/mol. The van der Waals surface area contributed by atoms with Gasteiger partial charge in [-0.2, -0.15) is 0 Å². The first-order valence-corrected chi connectivity index (χ1v) is 9.20. The van der Waals surface area contributed by atoms with Gasteiger partial charge in [-0.05, 0) is 48.9 Å². The van der Waals surface area contributed by atoms with Gasteiger partial charge in [-0.1, -0.05) is 57.8 Å². The van der Waals surface area contributed by atoms with Crippen molar-refractivity contribution in [2.45, 2.75) is 83.5 Å². The summed E-state index contributed by atoms with van der Waals surface area (Å²) in [4.78, 5) is 0. The molecule has 2 heteroatoms. The number of hydrogen-bond acceptors (Lipinski definition) is 2. The predicted molar refractivity (Wildman–Crippen MR) is 92.9 cm³/mol. The molecule has 0 radical (unpaired) electrons. The van der Waals surface area contributed by atoms with E-state index in [9.17, 15) is 5.11 Å². The summed E-state index contributed by atoms with van der Waals surface area (Å²) in [6, 6.07) is 4.00. The van der Waals surface area contributed by atoms with Crippen molar-refractivity contribution in [2.24, 2.45) is 0 Å². The summed E-state index contributed by atoms with van der Waals surface area (Å²) in [5, 5.41) is 10.3. The van der Waals surface area contributed by atoms with E-state index in [0.717, 1.165) is 36.1 Å². The van der Waals surface area contributed by atoms with Crippen molar-refractivity contribution in [3.63, 3.8) is 0 Å². The highest BCUT2D eigenvalue weighted by Crippen LogP contribution is 2.31. The standard InChI is InChI=1S/C20H32O2/c1-22-20-16-17-13-11-9-7-5-3-2-4-6-8-10-12-14-18(20)15-19(17)21/h15-16,21H,2-14H2,1H3. The molecule has 124 valence electrons. The lowest BCUT2D eigenvalue weighted by atomic mass is 9.99. The molecule has 2 aliphatic rings. The quantitative estimate of drug-likeness (QED) is 0.711. The highest BCUT2D eigenvalue weighted by molar-refractivity contribution is 5.46. The van der Waals surface area contributed by atoms with E-state index in [-0.39, 0.29) is 0 Å². The van der Waals surface area contributed by atoms with Gasteiger partial charge in [0.1, 0.15) is 11.5 Å². The number of phenolic OH excluding ortho intramolecular Hbond substituents is 1. The van der Waals surface area contributed by atoms with Crippen LogP contribution in [0.1, 0.15) is 81.8 Å². The Labute approximate surface area is 135 Å². The van der Waals surface area contributed by atoms with Crippen LogP contribution in [-0.2, 0) is 12.8 Å². The fraction of sp³-hybridized carbons (Fsp3) is 0.700. The Bertz CT molecular complexity index is 440. The minimum atomic E-state index is 0.458. The second-order valence-corrected chi connectivity index (χ2v) is 6.68. The summed E-state index contributed by atoms with van der Waals surface area (Å²) < 4.78 is 5.55. The molecule has 2 nitrogen and oxygen atoms in total. The molecule has 2 bridgehead atoms. The van der Waals surface area contributed by atoms with E-state index in [4.69, 9.17) is 4.74 Å². The van der Waals surface area contributed by atoms with Crippen LogP contribution in [0.4, 0.5) is 0 Å². The maximum atomic E-state index is 10.3. The molecule has 0 aromatic heterocycles. The molecule has 0 amide bonds. The van der Waals surface area contributed by atoms with Crippen molar-refractivity contribution >= 4 is 0 Å². The second-order valence-electron chi connectivity index (χ2n) is 6.68. The number of aryl methyl sites for hydroxylation is 2. The molecule has 22 heavy (non-hydrogen) atoms. The van der Waals surface area contributed by atoms with Crippen LogP contribution in [0.2, 0.25) is 0 Å². The topological polar surface area (TPSA) is 29.5 Å². The van der Waals surface area contributed by atoms with Gasteiger partial charge in [0.2, 0.25) is 0 Å². The van der Waals surface area contributed by atoms with Crippen LogP contribution in [0.15, 0.2) is 12.1 Å². The second kappa shape index (κ2) is 9.76. The van der Waals surface area contributed by atoms with Gasteiger partial charge < -0.3 is 9.84 Å². The van der Waals surface area contributed by atoms with E-state index in [1.54, 1.807) is 7.11 Å². The molecule has 3 rings (SSSR count). The van der Waals surface area contributed by atoms with Gasteiger partial charge in [0.05, 0.1) is 7.11 Å². The van der Waals surface area contributed by atoms with Gasteiger partial charge in [-0.3, -0.25) is 0 Å². The minimum Gasteiger partial charge on any atom is -0.508 e. The van der Waals surface area contributed by atoms with Crippen LogP contribution in [0.25, 0.3) is 0 Å². The minimum absolute atomic E-state index is 0.458. The summed E-state index contributed by atoms with van der Waals surface area (Å²) in [7, 11) is 1.74. The fourth-order valence-corrected chi connectivity index (χ4v) is 3.46. The average molecular weight is 304 g/mol. The van der Waals surface area contributed by atoms with Crippen molar-refractivity contribution < 1.29 is 9.84 Å². The highest BCUT2D eigenvalue weighted by Gasteiger charge is 2.10. The number of rotatable bonds is 1. The summed E-state index contributed by atoms with van der Waals surface area (Å²) in [5.41, 5.74) is 2.21. The van der Waals surface area contributed by atoms with Crippen molar-refractivity contribution in [1.82, 2.24) is 0 Å². The normalized spacial score (nSPS) is 18.8. The predicted octanol–water partition coefficient (Wildman–Crippen LogP) is 5.79. The molecule has 0 saturated carbocycles. The maximum absolute atomic E-state index is 10.3. The summed E-state index contributed by atoms with van der Waals surface area (Å²) in [6.07, 6.45) is 16.5. The smallest absolute Gasteiger partial charge is 0.122 e. The molecule has 0 aliphatic heterocycles.